The van der Waals surface area contributed by atoms with Crippen molar-refractivity contribution in [2.75, 3.05) is 0 Å². The van der Waals surface area contributed by atoms with Crippen LogP contribution in [0.25, 0.3) is 0 Å². The lowest BCUT2D eigenvalue weighted by molar-refractivity contribution is -0.116. The first-order valence-corrected chi connectivity index (χ1v) is 9.08. The van der Waals surface area contributed by atoms with Gasteiger partial charge in [-0.3, -0.25) is 0 Å². The second kappa shape index (κ2) is 4.80. The fourth-order valence-corrected chi connectivity index (χ4v) is 6.70. The molecule has 8 atom stereocenters. The smallest absolute Gasteiger partial charge is 0.148 e. The number of hydrogen-bond acceptors (Lipinski definition) is 2. The zero-order chi connectivity index (χ0) is 15.7. The predicted molar refractivity (Wildman–Crippen MR) is 84.0 cm³/mol. The van der Waals surface area contributed by atoms with E-state index in [1.54, 1.807) is 0 Å². The summed E-state index contributed by atoms with van der Waals surface area (Å²) in [5, 5.41) is 20.6. The van der Waals surface area contributed by atoms with E-state index in [2.05, 4.69) is 13.8 Å². The van der Waals surface area contributed by atoms with Crippen molar-refractivity contribution in [1.82, 2.24) is 0 Å². The van der Waals surface area contributed by atoms with Crippen LogP contribution in [0.3, 0.4) is 0 Å². The highest BCUT2D eigenvalue weighted by Crippen LogP contribution is 2.64. The largest absolute Gasteiger partial charge is 0.392 e. The van der Waals surface area contributed by atoms with Gasteiger partial charge in [-0.2, -0.15) is 0 Å². The Morgan fingerprint density at radius 2 is 1.91 bits per heavy atom. The third kappa shape index (κ3) is 1.78. The van der Waals surface area contributed by atoms with Gasteiger partial charge >= 0.3 is 0 Å². The molecule has 124 valence electrons. The summed E-state index contributed by atoms with van der Waals surface area (Å²) in [6, 6.07) is 0. The lowest BCUT2D eigenvalue weighted by atomic mass is 9.47. The third-order valence-electron chi connectivity index (χ3n) is 8.01. The van der Waals surface area contributed by atoms with E-state index in [9.17, 15) is 14.6 Å². The van der Waals surface area contributed by atoms with E-state index in [0.717, 1.165) is 18.8 Å². The summed E-state index contributed by atoms with van der Waals surface area (Å²) in [6.45, 7) is 4.51. The van der Waals surface area contributed by atoms with Crippen LogP contribution >= 0.6 is 0 Å². The van der Waals surface area contributed by atoms with Crippen LogP contribution in [0.15, 0.2) is 11.6 Å². The number of aliphatic hydroxyl groups excluding tert-OH is 2. The van der Waals surface area contributed by atoms with Crippen LogP contribution in [0.4, 0.5) is 4.39 Å². The molecule has 22 heavy (non-hydrogen) atoms. The van der Waals surface area contributed by atoms with Gasteiger partial charge in [-0.25, -0.2) is 4.39 Å². The van der Waals surface area contributed by atoms with Crippen molar-refractivity contribution < 1.29 is 14.6 Å². The molecule has 0 bridgehead atoms. The summed E-state index contributed by atoms with van der Waals surface area (Å²) in [7, 11) is 0. The van der Waals surface area contributed by atoms with Gasteiger partial charge in [0.05, 0.1) is 12.2 Å². The maximum Gasteiger partial charge on any atom is 0.148 e. The van der Waals surface area contributed by atoms with Gasteiger partial charge < -0.3 is 10.2 Å². The molecule has 2 nitrogen and oxygen atoms in total. The predicted octanol–water partition coefficient (Wildman–Crippen LogP) is 3.62. The molecule has 0 spiro atoms. The summed E-state index contributed by atoms with van der Waals surface area (Å²) < 4.78 is 14.6. The van der Waals surface area contributed by atoms with Crippen molar-refractivity contribution in [3.05, 3.63) is 11.6 Å². The molecule has 0 unspecified atom stereocenters. The fraction of sp³-hybridized carbons (Fsp3) is 0.895. The molecule has 0 aliphatic heterocycles. The van der Waals surface area contributed by atoms with Crippen LogP contribution in [-0.4, -0.2) is 28.6 Å². The number of aliphatic hydroxyl groups is 2. The van der Waals surface area contributed by atoms with Gasteiger partial charge in [-0.15, -0.1) is 0 Å². The van der Waals surface area contributed by atoms with Gasteiger partial charge in [-0.1, -0.05) is 26.3 Å². The van der Waals surface area contributed by atoms with Gasteiger partial charge in [0.1, 0.15) is 6.17 Å². The highest BCUT2D eigenvalue weighted by atomic mass is 19.1. The van der Waals surface area contributed by atoms with Crippen molar-refractivity contribution in [3.8, 4) is 0 Å². The average molecular weight is 308 g/mol. The van der Waals surface area contributed by atoms with E-state index < -0.39 is 23.8 Å². The van der Waals surface area contributed by atoms with E-state index in [1.807, 2.05) is 6.08 Å². The maximum atomic E-state index is 14.6. The minimum Gasteiger partial charge on any atom is -0.392 e. The lowest BCUT2D eigenvalue weighted by Crippen LogP contribution is -2.58. The summed E-state index contributed by atoms with van der Waals surface area (Å²) in [6.07, 6.45) is 6.51. The molecule has 3 heteroatoms. The Hall–Kier alpha value is -0.410. The minimum absolute atomic E-state index is 0.181. The summed E-state index contributed by atoms with van der Waals surface area (Å²) in [5.41, 5.74) is 0.699. The topological polar surface area (TPSA) is 40.5 Å². The van der Waals surface area contributed by atoms with Crippen LogP contribution in [0.5, 0.6) is 0 Å². The number of halogens is 1. The third-order valence-corrected chi connectivity index (χ3v) is 8.01. The van der Waals surface area contributed by atoms with E-state index in [1.165, 1.54) is 25.7 Å². The monoisotopic (exact) mass is 308 g/mol. The number of allylic oxidation sites excluding steroid dienone is 1. The summed E-state index contributed by atoms with van der Waals surface area (Å²) in [5.74, 6) is 1.70. The molecular weight excluding hydrogens is 279 g/mol. The van der Waals surface area contributed by atoms with E-state index >= 15 is 0 Å². The Morgan fingerprint density at radius 3 is 2.68 bits per heavy atom. The molecule has 4 aliphatic carbocycles. The van der Waals surface area contributed by atoms with Crippen LogP contribution in [0.2, 0.25) is 0 Å². The molecule has 0 saturated heterocycles. The van der Waals surface area contributed by atoms with E-state index in [-0.39, 0.29) is 6.42 Å². The van der Waals surface area contributed by atoms with Gasteiger partial charge in [0.2, 0.25) is 0 Å². The standard InChI is InChI=1S/C19H29FO2/c1-18-8-3-4-12(18)11-5-6-14-17(20)15(21)10-16(22)19(14,2)13(11)7-9-18/h6,11-13,15-17,21-22H,3-5,7-10H2,1-2H3/t11-,12-,13-,15-,16-,17-,18-,19+/m0/s1. The zero-order valence-corrected chi connectivity index (χ0v) is 13.8. The first-order valence-electron chi connectivity index (χ1n) is 9.08. The SMILES string of the molecule is C[C@@]12CCC[C@H]1[C@@H]1CC=C3[C@H](F)[C@@H](O)C[C@H](O)[C@]3(C)[C@H]1CC2. The van der Waals surface area contributed by atoms with Crippen molar-refractivity contribution in [1.29, 1.82) is 0 Å². The first kappa shape index (κ1) is 15.1. The Morgan fingerprint density at radius 1 is 1.14 bits per heavy atom. The van der Waals surface area contributed by atoms with Crippen LogP contribution in [-0.2, 0) is 0 Å². The average Bonchev–Trinajstić information content (AvgIpc) is 2.87. The summed E-state index contributed by atoms with van der Waals surface area (Å²) in [4.78, 5) is 0. The molecule has 0 amide bonds. The number of fused-ring (bicyclic) bond motifs is 5. The molecule has 0 radical (unpaired) electrons. The van der Waals surface area contributed by atoms with Crippen molar-refractivity contribution in [2.24, 2.45) is 28.6 Å². The van der Waals surface area contributed by atoms with Crippen LogP contribution in [0.1, 0.15) is 58.8 Å². The molecule has 3 saturated carbocycles. The zero-order valence-electron chi connectivity index (χ0n) is 13.8. The quantitative estimate of drug-likeness (QED) is 0.671. The Balaban J connectivity index is 1.74. The molecule has 0 aromatic heterocycles. The molecule has 4 aliphatic rings. The van der Waals surface area contributed by atoms with Crippen molar-refractivity contribution >= 4 is 0 Å². The second-order valence-corrected chi connectivity index (χ2v) is 8.86. The van der Waals surface area contributed by atoms with Crippen LogP contribution < -0.4 is 0 Å². The van der Waals surface area contributed by atoms with Crippen molar-refractivity contribution in [2.45, 2.75) is 77.2 Å². The molecule has 0 aromatic carbocycles. The number of alkyl halides is 1. The van der Waals surface area contributed by atoms with Gasteiger partial charge in [0.25, 0.3) is 0 Å². The molecule has 4 rings (SSSR count). The van der Waals surface area contributed by atoms with Gasteiger partial charge in [0.15, 0.2) is 0 Å². The Kier molecular flexibility index (Phi) is 3.30. The molecular formula is C19H29FO2. The van der Waals surface area contributed by atoms with Crippen LogP contribution in [0, 0.1) is 28.6 Å². The highest BCUT2D eigenvalue weighted by molar-refractivity contribution is 5.31. The van der Waals surface area contributed by atoms with Gasteiger partial charge in [0, 0.05) is 11.8 Å². The van der Waals surface area contributed by atoms with E-state index in [0.29, 0.717) is 22.8 Å². The second-order valence-electron chi connectivity index (χ2n) is 8.86. The number of hydrogen-bond donors (Lipinski definition) is 2. The lowest BCUT2D eigenvalue weighted by Gasteiger charge is -2.59. The minimum atomic E-state index is -1.29. The Bertz CT molecular complexity index is 504. The maximum absolute atomic E-state index is 14.6. The molecule has 0 heterocycles. The molecule has 2 N–H and O–H groups in total. The normalized spacial score (nSPS) is 57.6. The van der Waals surface area contributed by atoms with E-state index in [4.69, 9.17) is 0 Å². The molecule has 0 aromatic rings. The molecule has 3 fully saturated rings. The fourth-order valence-electron chi connectivity index (χ4n) is 6.70. The first-order chi connectivity index (χ1) is 10.4. The van der Waals surface area contributed by atoms with Gasteiger partial charge in [-0.05, 0) is 60.8 Å². The number of rotatable bonds is 0. The highest BCUT2D eigenvalue weighted by Gasteiger charge is 2.60. The Labute approximate surface area is 132 Å². The summed E-state index contributed by atoms with van der Waals surface area (Å²) >= 11 is 0. The van der Waals surface area contributed by atoms with Crippen molar-refractivity contribution in [3.63, 3.8) is 0 Å².